The number of benzene rings is 2. The highest BCUT2D eigenvalue weighted by molar-refractivity contribution is 7.89. The summed E-state index contributed by atoms with van der Waals surface area (Å²) in [5.41, 5.74) is 1.01. The van der Waals surface area contributed by atoms with E-state index < -0.39 is 34.0 Å². The average Bonchev–Trinajstić information content (AvgIpc) is 3.32. The number of piperazine rings is 1. The quantitative estimate of drug-likeness (QED) is 0.273. The molecule has 0 saturated carbocycles. The molecule has 13 nitrogen and oxygen atoms in total. The van der Waals surface area contributed by atoms with Crippen molar-refractivity contribution in [2.75, 3.05) is 46.5 Å². The van der Waals surface area contributed by atoms with E-state index in [1.807, 2.05) is 0 Å². The van der Waals surface area contributed by atoms with E-state index in [1.54, 1.807) is 32.0 Å². The van der Waals surface area contributed by atoms with Gasteiger partial charge in [-0.25, -0.2) is 18.0 Å². The van der Waals surface area contributed by atoms with Crippen molar-refractivity contribution < 1.29 is 41.8 Å². The smallest absolute Gasteiger partial charge is 0.409 e. The lowest BCUT2D eigenvalue weighted by molar-refractivity contribution is -0.141. The Morgan fingerprint density at radius 3 is 2.17 bits per heavy atom. The van der Waals surface area contributed by atoms with Crippen LogP contribution in [-0.2, 0) is 35.6 Å². The fourth-order valence-electron chi connectivity index (χ4n) is 4.24. The molecule has 0 spiro atoms. The fraction of sp³-hybridized carbons (Fsp3) is 0.370. The number of carbonyl (C=O) groups excluding carboxylic acids is 4. The van der Waals surface area contributed by atoms with Gasteiger partial charge in [-0.3, -0.25) is 9.59 Å². The summed E-state index contributed by atoms with van der Waals surface area (Å²) in [6.45, 7) is 4.26. The molecule has 3 aromatic rings. The van der Waals surface area contributed by atoms with Gasteiger partial charge in [-0.2, -0.15) is 9.30 Å². The molecule has 4 rings (SSSR count). The van der Waals surface area contributed by atoms with E-state index >= 15 is 0 Å². The summed E-state index contributed by atoms with van der Waals surface area (Å²) in [5, 5.41) is 0. The van der Waals surface area contributed by atoms with Gasteiger partial charge in [0.15, 0.2) is 4.80 Å². The van der Waals surface area contributed by atoms with E-state index in [1.165, 1.54) is 45.1 Å². The third kappa shape index (κ3) is 6.69. The molecule has 0 aliphatic carbocycles. The Labute approximate surface area is 246 Å². The Balaban J connectivity index is 1.58. The first-order chi connectivity index (χ1) is 20.1. The van der Waals surface area contributed by atoms with Crippen molar-refractivity contribution in [3.8, 4) is 0 Å². The minimum absolute atomic E-state index is 0.00209. The van der Waals surface area contributed by atoms with Crippen LogP contribution in [0.25, 0.3) is 10.2 Å². The number of sulfonamides is 1. The predicted octanol–water partition coefficient (Wildman–Crippen LogP) is 2.26. The van der Waals surface area contributed by atoms with Crippen LogP contribution in [0.2, 0.25) is 0 Å². The van der Waals surface area contributed by atoms with Gasteiger partial charge >= 0.3 is 18.0 Å². The molecule has 0 atom stereocenters. The first kappa shape index (κ1) is 30.9. The number of methoxy groups -OCH3 is 1. The lowest BCUT2D eigenvalue weighted by atomic mass is 10.2. The predicted molar refractivity (Wildman–Crippen MR) is 151 cm³/mol. The monoisotopic (exact) mass is 618 g/mol. The van der Waals surface area contributed by atoms with Gasteiger partial charge < -0.3 is 23.7 Å². The molecular formula is C27H30N4O9S2. The van der Waals surface area contributed by atoms with Crippen LogP contribution in [0.5, 0.6) is 0 Å². The van der Waals surface area contributed by atoms with E-state index in [0.717, 1.165) is 11.3 Å². The molecule has 0 unspecified atom stereocenters. The van der Waals surface area contributed by atoms with E-state index in [0.29, 0.717) is 15.8 Å². The van der Waals surface area contributed by atoms with Crippen LogP contribution in [0, 0.1) is 0 Å². The number of nitrogens with zero attached hydrogens (tertiary/aromatic N) is 4. The van der Waals surface area contributed by atoms with Crippen molar-refractivity contribution >= 4 is 55.5 Å². The SMILES string of the molecule is CCOC(=O)c1ccc2c(c1)sc(=NC(=O)c1ccc(S(=O)(=O)N3CCN(C(=O)OCC)CC3)cc1)n2CC(=O)OC. The minimum atomic E-state index is -3.86. The van der Waals surface area contributed by atoms with E-state index in [9.17, 15) is 27.6 Å². The Kier molecular flexibility index (Phi) is 9.75. The number of thiazole rings is 1. The fourth-order valence-corrected chi connectivity index (χ4v) is 6.73. The van der Waals surface area contributed by atoms with E-state index in [2.05, 4.69) is 4.99 Å². The van der Waals surface area contributed by atoms with Crippen LogP contribution in [-0.4, -0.2) is 92.6 Å². The number of rotatable bonds is 8. The van der Waals surface area contributed by atoms with Crippen molar-refractivity contribution in [3.63, 3.8) is 0 Å². The van der Waals surface area contributed by atoms with Crippen molar-refractivity contribution in [1.29, 1.82) is 0 Å². The van der Waals surface area contributed by atoms with Crippen molar-refractivity contribution in [3.05, 3.63) is 58.4 Å². The molecule has 15 heteroatoms. The second-order valence-corrected chi connectivity index (χ2v) is 11.9. The highest BCUT2D eigenvalue weighted by Gasteiger charge is 2.30. The zero-order valence-corrected chi connectivity index (χ0v) is 24.9. The molecule has 2 heterocycles. The molecule has 2 aromatic carbocycles. The standard InChI is InChI=1S/C27H30N4O9S2/c1-4-39-25(34)19-8-11-21-22(16-19)41-26(31(21)17-23(32)38-3)28-24(33)18-6-9-20(10-7-18)42(36,37)30-14-12-29(13-15-30)27(35)40-5-2/h6-11,16H,4-5,12-15,17H2,1-3H3. The normalized spacial score (nSPS) is 14.5. The molecule has 1 fully saturated rings. The minimum Gasteiger partial charge on any atom is -0.468 e. The van der Waals surface area contributed by atoms with E-state index in [4.69, 9.17) is 14.2 Å². The Hall–Kier alpha value is -4.08. The van der Waals surface area contributed by atoms with Gasteiger partial charge in [0.05, 0.1) is 41.0 Å². The number of amides is 2. The molecule has 1 saturated heterocycles. The Morgan fingerprint density at radius 2 is 1.55 bits per heavy atom. The summed E-state index contributed by atoms with van der Waals surface area (Å²) >= 11 is 1.10. The number of esters is 2. The number of aromatic nitrogens is 1. The van der Waals surface area contributed by atoms with Crippen LogP contribution in [0.3, 0.4) is 0 Å². The van der Waals surface area contributed by atoms with Gasteiger partial charge in [-0.15, -0.1) is 0 Å². The van der Waals surface area contributed by atoms with Gasteiger partial charge in [0, 0.05) is 31.7 Å². The third-order valence-corrected chi connectivity index (χ3v) is 9.36. The van der Waals surface area contributed by atoms with Crippen molar-refractivity contribution in [1.82, 2.24) is 13.8 Å². The molecule has 1 aliphatic heterocycles. The van der Waals surface area contributed by atoms with Gasteiger partial charge in [0.2, 0.25) is 10.0 Å². The van der Waals surface area contributed by atoms with Crippen LogP contribution in [0.1, 0.15) is 34.6 Å². The summed E-state index contributed by atoms with van der Waals surface area (Å²) in [6.07, 6.45) is -0.479. The highest BCUT2D eigenvalue weighted by atomic mass is 32.2. The largest absolute Gasteiger partial charge is 0.468 e. The Morgan fingerprint density at radius 1 is 0.905 bits per heavy atom. The van der Waals surface area contributed by atoms with Gasteiger partial charge in [0.1, 0.15) is 6.54 Å². The second-order valence-electron chi connectivity index (χ2n) is 8.98. The molecule has 1 aliphatic rings. The Bertz CT molecular complexity index is 1670. The molecule has 1 aromatic heterocycles. The number of hydrogen-bond acceptors (Lipinski definition) is 10. The summed E-state index contributed by atoms with van der Waals surface area (Å²) in [5.74, 6) is -1.72. The second kappa shape index (κ2) is 13.3. The molecule has 0 bridgehead atoms. The zero-order chi connectivity index (χ0) is 30.4. The summed E-state index contributed by atoms with van der Waals surface area (Å²) in [7, 11) is -2.61. The molecule has 0 N–H and O–H groups in total. The first-order valence-electron chi connectivity index (χ1n) is 13.1. The molecule has 0 radical (unpaired) electrons. The maximum Gasteiger partial charge on any atom is 0.409 e. The van der Waals surface area contributed by atoms with Crippen LogP contribution in [0.15, 0.2) is 52.4 Å². The lowest BCUT2D eigenvalue weighted by Crippen LogP contribution is -2.50. The van der Waals surface area contributed by atoms with E-state index in [-0.39, 0.29) is 61.2 Å². The molecule has 42 heavy (non-hydrogen) atoms. The maximum atomic E-state index is 13.2. The van der Waals surface area contributed by atoms with Crippen LogP contribution in [0.4, 0.5) is 4.79 Å². The van der Waals surface area contributed by atoms with Gasteiger partial charge in [-0.1, -0.05) is 11.3 Å². The van der Waals surface area contributed by atoms with Crippen molar-refractivity contribution in [2.24, 2.45) is 4.99 Å². The zero-order valence-electron chi connectivity index (χ0n) is 23.3. The summed E-state index contributed by atoms with van der Waals surface area (Å²) < 4.78 is 44.5. The first-order valence-corrected chi connectivity index (χ1v) is 15.3. The third-order valence-electron chi connectivity index (χ3n) is 6.41. The number of fused-ring (bicyclic) bond motifs is 1. The molecular weight excluding hydrogens is 588 g/mol. The average molecular weight is 619 g/mol. The number of carbonyl (C=O) groups is 4. The highest BCUT2D eigenvalue weighted by Crippen LogP contribution is 2.22. The number of hydrogen-bond donors (Lipinski definition) is 0. The summed E-state index contributed by atoms with van der Waals surface area (Å²) in [6, 6.07) is 10.2. The molecule has 2 amide bonds. The lowest BCUT2D eigenvalue weighted by Gasteiger charge is -2.33. The van der Waals surface area contributed by atoms with Crippen LogP contribution < -0.4 is 4.80 Å². The van der Waals surface area contributed by atoms with Gasteiger partial charge in [0.25, 0.3) is 5.91 Å². The van der Waals surface area contributed by atoms with Gasteiger partial charge in [-0.05, 0) is 56.3 Å². The van der Waals surface area contributed by atoms with Crippen molar-refractivity contribution in [2.45, 2.75) is 25.3 Å². The number of ether oxygens (including phenoxy) is 3. The molecule has 224 valence electrons. The van der Waals surface area contributed by atoms with Crippen LogP contribution >= 0.6 is 11.3 Å². The maximum absolute atomic E-state index is 13.2. The topological polar surface area (TPSA) is 154 Å². The summed E-state index contributed by atoms with van der Waals surface area (Å²) in [4.78, 5) is 55.2.